The van der Waals surface area contributed by atoms with Gasteiger partial charge in [-0.25, -0.2) is 8.78 Å². The fourth-order valence-corrected chi connectivity index (χ4v) is 3.54. The highest BCUT2D eigenvalue weighted by Gasteiger charge is 2.35. The second kappa shape index (κ2) is 6.31. The molecule has 0 saturated heterocycles. The quantitative estimate of drug-likeness (QED) is 0.796. The highest BCUT2D eigenvalue weighted by atomic mass is 35.5. The third-order valence-electron chi connectivity index (χ3n) is 3.35. The molecule has 1 fully saturated rings. The van der Waals surface area contributed by atoms with Gasteiger partial charge < -0.3 is 5.32 Å². The molecular formula is C13H18ClF2NS. The molecule has 102 valence electrons. The van der Waals surface area contributed by atoms with Crippen LogP contribution in [0.5, 0.6) is 0 Å². The van der Waals surface area contributed by atoms with Gasteiger partial charge in [-0.15, -0.1) is 11.3 Å². The number of hydrogen-bond acceptors (Lipinski definition) is 2. The first-order valence-corrected chi connectivity index (χ1v) is 7.57. The molecule has 1 heterocycles. The maximum atomic E-state index is 13.2. The van der Waals surface area contributed by atoms with Gasteiger partial charge in [-0.1, -0.05) is 11.6 Å². The van der Waals surface area contributed by atoms with Crippen molar-refractivity contribution >= 4 is 22.9 Å². The van der Waals surface area contributed by atoms with Gasteiger partial charge in [0.1, 0.15) is 0 Å². The number of hydrogen-bond donors (Lipinski definition) is 1. The Kier molecular flexibility index (Phi) is 4.98. The fraction of sp³-hybridized carbons (Fsp3) is 0.692. The summed E-state index contributed by atoms with van der Waals surface area (Å²) in [5.41, 5.74) is 0. The maximum Gasteiger partial charge on any atom is 0.248 e. The Bertz CT molecular complexity index is 381. The Morgan fingerprint density at radius 2 is 2.28 bits per heavy atom. The SMILES string of the molecule is FC1(F)CCCC(CNCCc2ccc(Cl)s2)C1. The normalized spacial score (nSPS) is 23.2. The second-order valence-electron chi connectivity index (χ2n) is 4.98. The summed E-state index contributed by atoms with van der Waals surface area (Å²) in [7, 11) is 0. The lowest BCUT2D eigenvalue weighted by Gasteiger charge is -2.28. The number of thiophene rings is 1. The lowest BCUT2D eigenvalue weighted by atomic mass is 9.86. The minimum atomic E-state index is -2.44. The van der Waals surface area contributed by atoms with E-state index in [0.29, 0.717) is 13.0 Å². The van der Waals surface area contributed by atoms with E-state index in [2.05, 4.69) is 5.32 Å². The summed E-state index contributed by atoms with van der Waals surface area (Å²) in [6, 6.07) is 3.91. The molecule has 2 rings (SSSR count). The Labute approximate surface area is 116 Å². The van der Waals surface area contributed by atoms with E-state index in [1.54, 1.807) is 11.3 Å². The van der Waals surface area contributed by atoms with Gasteiger partial charge in [0.25, 0.3) is 0 Å². The molecule has 0 radical (unpaired) electrons. The average Bonchev–Trinajstić information content (AvgIpc) is 2.69. The van der Waals surface area contributed by atoms with Crippen molar-refractivity contribution in [3.05, 3.63) is 21.3 Å². The van der Waals surface area contributed by atoms with Crippen molar-refractivity contribution in [2.45, 2.75) is 38.0 Å². The minimum Gasteiger partial charge on any atom is -0.316 e. The van der Waals surface area contributed by atoms with Gasteiger partial charge in [0.2, 0.25) is 5.92 Å². The Hall–Kier alpha value is -0.190. The highest BCUT2D eigenvalue weighted by molar-refractivity contribution is 7.16. The predicted molar refractivity (Wildman–Crippen MR) is 72.8 cm³/mol. The first kappa shape index (κ1) is 14.2. The van der Waals surface area contributed by atoms with Gasteiger partial charge in [-0.05, 0) is 50.4 Å². The molecule has 18 heavy (non-hydrogen) atoms. The first-order valence-electron chi connectivity index (χ1n) is 6.38. The van der Waals surface area contributed by atoms with Crippen LogP contribution in [0.25, 0.3) is 0 Å². The third-order valence-corrected chi connectivity index (χ3v) is 4.64. The van der Waals surface area contributed by atoms with Crippen LogP contribution in [0.2, 0.25) is 4.34 Å². The third kappa shape index (κ3) is 4.48. The summed E-state index contributed by atoms with van der Waals surface area (Å²) in [6.07, 6.45) is 2.61. The standard InChI is InChI=1S/C13H18ClF2NS/c14-12-4-3-11(18-12)5-7-17-9-10-2-1-6-13(15,16)8-10/h3-4,10,17H,1-2,5-9H2. The van der Waals surface area contributed by atoms with Crippen LogP contribution in [0.4, 0.5) is 8.78 Å². The van der Waals surface area contributed by atoms with Crippen LogP contribution in [-0.4, -0.2) is 19.0 Å². The molecule has 1 atom stereocenters. The van der Waals surface area contributed by atoms with Crippen LogP contribution in [0.15, 0.2) is 12.1 Å². The highest BCUT2D eigenvalue weighted by Crippen LogP contribution is 2.36. The molecule has 0 aliphatic heterocycles. The van der Waals surface area contributed by atoms with Crippen molar-refractivity contribution in [1.29, 1.82) is 0 Å². The van der Waals surface area contributed by atoms with E-state index in [4.69, 9.17) is 11.6 Å². The monoisotopic (exact) mass is 293 g/mol. The summed E-state index contributed by atoms with van der Waals surface area (Å²) in [4.78, 5) is 1.24. The zero-order valence-electron chi connectivity index (χ0n) is 10.2. The Morgan fingerprint density at radius 3 is 2.94 bits per heavy atom. The van der Waals surface area contributed by atoms with E-state index < -0.39 is 5.92 Å². The van der Waals surface area contributed by atoms with Crippen molar-refractivity contribution < 1.29 is 8.78 Å². The van der Waals surface area contributed by atoms with Crippen LogP contribution >= 0.6 is 22.9 Å². The molecule has 0 aromatic carbocycles. The molecule has 1 unspecified atom stereocenters. The molecule has 1 saturated carbocycles. The smallest absolute Gasteiger partial charge is 0.248 e. The first-order chi connectivity index (χ1) is 8.55. The second-order valence-corrected chi connectivity index (χ2v) is 6.78. The summed E-state index contributed by atoms with van der Waals surface area (Å²) >= 11 is 7.42. The van der Waals surface area contributed by atoms with Gasteiger partial charge in [-0.3, -0.25) is 0 Å². The Balaban J connectivity index is 1.63. The van der Waals surface area contributed by atoms with E-state index in [-0.39, 0.29) is 18.8 Å². The van der Waals surface area contributed by atoms with Crippen LogP contribution < -0.4 is 5.32 Å². The average molecular weight is 294 g/mol. The predicted octanol–water partition coefficient (Wildman–Crippen LogP) is 4.36. The van der Waals surface area contributed by atoms with Gasteiger partial charge in [0.05, 0.1) is 4.34 Å². The van der Waals surface area contributed by atoms with Crippen LogP contribution in [0, 0.1) is 5.92 Å². The van der Waals surface area contributed by atoms with Crippen LogP contribution in [0.1, 0.15) is 30.6 Å². The summed E-state index contributed by atoms with van der Waals surface area (Å²) in [6.45, 7) is 1.54. The zero-order chi connectivity index (χ0) is 13.0. The molecule has 0 amide bonds. The zero-order valence-corrected chi connectivity index (χ0v) is 11.8. The van der Waals surface area contributed by atoms with Gasteiger partial charge in [-0.2, -0.15) is 0 Å². The molecule has 1 aliphatic carbocycles. The molecule has 0 spiro atoms. The van der Waals surface area contributed by atoms with Crippen LogP contribution in [0.3, 0.4) is 0 Å². The Morgan fingerprint density at radius 1 is 1.44 bits per heavy atom. The van der Waals surface area contributed by atoms with Crippen LogP contribution in [-0.2, 0) is 6.42 Å². The van der Waals surface area contributed by atoms with Crippen molar-refractivity contribution in [3.8, 4) is 0 Å². The molecule has 1 nitrogen and oxygen atoms in total. The molecule has 1 aromatic rings. The van der Waals surface area contributed by atoms with Gasteiger partial charge in [0, 0.05) is 17.7 Å². The summed E-state index contributed by atoms with van der Waals surface area (Å²) in [5, 5.41) is 3.28. The topological polar surface area (TPSA) is 12.0 Å². The van der Waals surface area contributed by atoms with E-state index in [1.165, 1.54) is 4.88 Å². The maximum absolute atomic E-state index is 13.2. The summed E-state index contributed by atoms with van der Waals surface area (Å²) < 4.78 is 27.2. The molecule has 1 aliphatic rings. The molecular weight excluding hydrogens is 276 g/mol. The number of alkyl halides is 2. The largest absolute Gasteiger partial charge is 0.316 e. The van der Waals surface area contributed by atoms with Gasteiger partial charge in [0.15, 0.2) is 0 Å². The number of nitrogens with one attached hydrogen (secondary N) is 1. The van der Waals surface area contributed by atoms with Gasteiger partial charge >= 0.3 is 0 Å². The van der Waals surface area contributed by atoms with Crippen molar-refractivity contribution in [3.63, 3.8) is 0 Å². The number of rotatable bonds is 5. The molecule has 0 bridgehead atoms. The minimum absolute atomic E-state index is 0.0465. The van der Waals surface area contributed by atoms with Crippen molar-refractivity contribution in [2.24, 2.45) is 5.92 Å². The van der Waals surface area contributed by atoms with E-state index in [0.717, 1.165) is 23.7 Å². The van der Waals surface area contributed by atoms with E-state index >= 15 is 0 Å². The lowest BCUT2D eigenvalue weighted by Crippen LogP contribution is -2.33. The van der Waals surface area contributed by atoms with Crippen molar-refractivity contribution in [2.75, 3.05) is 13.1 Å². The molecule has 1 N–H and O–H groups in total. The molecule has 1 aromatic heterocycles. The fourth-order valence-electron chi connectivity index (χ4n) is 2.45. The van der Waals surface area contributed by atoms with E-state index in [1.807, 2.05) is 12.1 Å². The van der Waals surface area contributed by atoms with Crippen molar-refractivity contribution in [1.82, 2.24) is 5.32 Å². The lowest BCUT2D eigenvalue weighted by molar-refractivity contribution is -0.0519. The number of halogens is 3. The molecule has 5 heteroatoms. The summed E-state index contributed by atoms with van der Waals surface area (Å²) in [5.74, 6) is -2.31. The van der Waals surface area contributed by atoms with E-state index in [9.17, 15) is 8.78 Å².